The summed E-state index contributed by atoms with van der Waals surface area (Å²) in [7, 11) is 0. The summed E-state index contributed by atoms with van der Waals surface area (Å²) in [5.41, 5.74) is 3.90. The molecule has 0 amide bonds. The fourth-order valence-corrected chi connectivity index (χ4v) is 2.06. The summed E-state index contributed by atoms with van der Waals surface area (Å²) < 4.78 is 2.22. The zero-order valence-electron chi connectivity index (χ0n) is 10.8. The van der Waals surface area contributed by atoms with Crippen LogP contribution in [-0.4, -0.2) is 15.6 Å². The lowest BCUT2D eigenvalue weighted by atomic mass is 10.1. The van der Waals surface area contributed by atoms with Crippen molar-refractivity contribution in [2.45, 2.75) is 38.9 Å². The Hall–Kier alpha value is -1.61. The molecule has 1 aliphatic carbocycles. The van der Waals surface area contributed by atoms with Gasteiger partial charge in [0.2, 0.25) is 0 Å². The van der Waals surface area contributed by atoms with E-state index in [1.807, 2.05) is 12.5 Å². The number of hydrogen-bond donors (Lipinski definition) is 1. The van der Waals surface area contributed by atoms with E-state index in [1.54, 1.807) is 0 Å². The van der Waals surface area contributed by atoms with Gasteiger partial charge < -0.3 is 9.88 Å². The van der Waals surface area contributed by atoms with E-state index in [0.29, 0.717) is 0 Å². The lowest BCUT2D eigenvalue weighted by Gasteiger charge is -2.09. The largest absolute Gasteiger partial charge is 0.329 e. The number of hydrogen-bond acceptors (Lipinski definition) is 2. The Kier molecular flexibility index (Phi) is 3.15. The maximum absolute atomic E-state index is 4.26. The highest BCUT2D eigenvalue weighted by atomic mass is 15.1. The molecule has 2 aromatic rings. The van der Waals surface area contributed by atoms with Crippen molar-refractivity contribution in [3.05, 3.63) is 53.6 Å². The molecule has 1 saturated carbocycles. The molecule has 3 nitrogen and oxygen atoms in total. The Bertz CT molecular complexity index is 509. The van der Waals surface area contributed by atoms with Gasteiger partial charge in [-0.15, -0.1) is 0 Å². The second-order valence-corrected chi connectivity index (χ2v) is 5.15. The molecular formula is C15H19N3. The van der Waals surface area contributed by atoms with Crippen LogP contribution in [0.15, 0.2) is 36.8 Å². The Morgan fingerprint density at radius 2 is 2.06 bits per heavy atom. The molecule has 0 bridgehead atoms. The van der Waals surface area contributed by atoms with Crippen molar-refractivity contribution in [1.82, 2.24) is 14.9 Å². The van der Waals surface area contributed by atoms with Gasteiger partial charge in [0.25, 0.3) is 0 Å². The molecule has 0 atom stereocenters. The van der Waals surface area contributed by atoms with E-state index in [9.17, 15) is 0 Å². The van der Waals surface area contributed by atoms with Crippen LogP contribution < -0.4 is 5.32 Å². The molecule has 1 heterocycles. The van der Waals surface area contributed by atoms with E-state index in [2.05, 4.69) is 46.1 Å². The fraction of sp³-hybridized carbons (Fsp3) is 0.400. The Balaban J connectivity index is 1.67. The summed E-state index contributed by atoms with van der Waals surface area (Å²) in [5.74, 6) is 0. The first-order chi connectivity index (χ1) is 8.81. The molecule has 3 rings (SSSR count). The van der Waals surface area contributed by atoms with Crippen LogP contribution in [-0.2, 0) is 13.1 Å². The lowest BCUT2D eigenvalue weighted by Crippen LogP contribution is -2.18. The summed E-state index contributed by atoms with van der Waals surface area (Å²) in [5, 5.41) is 3.53. The van der Waals surface area contributed by atoms with Crippen LogP contribution in [0.25, 0.3) is 0 Å². The Morgan fingerprint density at radius 3 is 2.78 bits per heavy atom. The van der Waals surface area contributed by atoms with E-state index in [4.69, 9.17) is 0 Å². The van der Waals surface area contributed by atoms with Crippen LogP contribution >= 0.6 is 0 Å². The van der Waals surface area contributed by atoms with Gasteiger partial charge in [-0.25, -0.2) is 4.98 Å². The molecule has 0 spiro atoms. The number of benzene rings is 1. The zero-order valence-corrected chi connectivity index (χ0v) is 10.8. The van der Waals surface area contributed by atoms with E-state index in [-0.39, 0.29) is 0 Å². The predicted molar refractivity (Wildman–Crippen MR) is 72.4 cm³/mol. The van der Waals surface area contributed by atoms with Crippen molar-refractivity contribution in [2.24, 2.45) is 0 Å². The summed E-state index contributed by atoms with van der Waals surface area (Å²) in [6.07, 6.45) is 6.53. The minimum atomic E-state index is 0.743. The van der Waals surface area contributed by atoms with Gasteiger partial charge in [0.05, 0.1) is 12.0 Å². The molecule has 0 aliphatic heterocycles. The number of rotatable bonds is 5. The van der Waals surface area contributed by atoms with Gasteiger partial charge in [0, 0.05) is 25.3 Å². The van der Waals surface area contributed by atoms with Crippen LogP contribution in [0.4, 0.5) is 0 Å². The minimum absolute atomic E-state index is 0.743. The molecule has 1 N–H and O–H groups in total. The molecular weight excluding hydrogens is 222 g/mol. The standard InChI is InChI=1S/C15H19N3/c1-12-2-4-13(5-3-12)10-18-11-16-8-15(18)9-17-14-6-7-14/h2-5,8,11,14,17H,6-7,9-10H2,1H3. The third kappa shape index (κ3) is 2.79. The monoisotopic (exact) mass is 241 g/mol. The van der Waals surface area contributed by atoms with Crippen molar-refractivity contribution < 1.29 is 0 Å². The van der Waals surface area contributed by atoms with Crippen molar-refractivity contribution >= 4 is 0 Å². The van der Waals surface area contributed by atoms with Gasteiger partial charge in [0.15, 0.2) is 0 Å². The van der Waals surface area contributed by atoms with Crippen LogP contribution in [0.5, 0.6) is 0 Å². The first kappa shape index (κ1) is 11.5. The number of aromatic nitrogens is 2. The molecule has 1 aromatic heterocycles. The maximum Gasteiger partial charge on any atom is 0.0951 e. The topological polar surface area (TPSA) is 29.9 Å². The fourth-order valence-electron chi connectivity index (χ4n) is 2.06. The molecule has 1 fully saturated rings. The van der Waals surface area contributed by atoms with Crippen molar-refractivity contribution in [1.29, 1.82) is 0 Å². The normalized spacial score (nSPS) is 14.9. The van der Waals surface area contributed by atoms with Crippen molar-refractivity contribution in [3.63, 3.8) is 0 Å². The first-order valence-electron chi connectivity index (χ1n) is 6.59. The highest BCUT2D eigenvalue weighted by Gasteiger charge is 2.20. The van der Waals surface area contributed by atoms with Gasteiger partial charge in [0.1, 0.15) is 0 Å². The van der Waals surface area contributed by atoms with Gasteiger partial charge in [-0.1, -0.05) is 29.8 Å². The van der Waals surface area contributed by atoms with Crippen molar-refractivity contribution in [3.8, 4) is 0 Å². The quantitative estimate of drug-likeness (QED) is 0.871. The summed E-state index contributed by atoms with van der Waals surface area (Å²) in [4.78, 5) is 4.26. The third-order valence-electron chi connectivity index (χ3n) is 3.42. The summed E-state index contributed by atoms with van der Waals surface area (Å²) in [6.45, 7) is 3.95. The van der Waals surface area contributed by atoms with E-state index in [0.717, 1.165) is 19.1 Å². The molecule has 1 aromatic carbocycles. The highest BCUT2D eigenvalue weighted by Crippen LogP contribution is 2.19. The average Bonchev–Trinajstić information content (AvgIpc) is 3.11. The molecule has 18 heavy (non-hydrogen) atoms. The zero-order chi connectivity index (χ0) is 12.4. The molecule has 3 heteroatoms. The van der Waals surface area contributed by atoms with E-state index < -0.39 is 0 Å². The van der Waals surface area contributed by atoms with Gasteiger partial charge >= 0.3 is 0 Å². The Labute approximate surface area is 108 Å². The molecule has 94 valence electrons. The summed E-state index contributed by atoms with van der Waals surface area (Å²) in [6, 6.07) is 9.44. The summed E-state index contributed by atoms with van der Waals surface area (Å²) >= 11 is 0. The SMILES string of the molecule is Cc1ccc(Cn2cncc2CNC2CC2)cc1. The molecule has 1 aliphatic rings. The molecule has 0 radical (unpaired) electrons. The number of nitrogens with zero attached hydrogens (tertiary/aromatic N) is 2. The second-order valence-electron chi connectivity index (χ2n) is 5.15. The van der Waals surface area contributed by atoms with E-state index >= 15 is 0 Å². The third-order valence-corrected chi connectivity index (χ3v) is 3.42. The number of aryl methyl sites for hydroxylation is 1. The van der Waals surface area contributed by atoms with Crippen LogP contribution in [0, 0.1) is 6.92 Å². The van der Waals surface area contributed by atoms with Gasteiger partial charge in [-0.3, -0.25) is 0 Å². The lowest BCUT2D eigenvalue weighted by molar-refractivity contribution is 0.634. The maximum atomic E-state index is 4.26. The number of imidazole rings is 1. The molecule has 0 unspecified atom stereocenters. The van der Waals surface area contributed by atoms with Gasteiger partial charge in [-0.2, -0.15) is 0 Å². The van der Waals surface area contributed by atoms with Crippen LogP contribution in [0.3, 0.4) is 0 Å². The van der Waals surface area contributed by atoms with E-state index in [1.165, 1.54) is 29.7 Å². The number of nitrogens with one attached hydrogen (secondary N) is 1. The average molecular weight is 241 g/mol. The highest BCUT2D eigenvalue weighted by molar-refractivity contribution is 5.22. The minimum Gasteiger partial charge on any atom is -0.329 e. The predicted octanol–water partition coefficient (Wildman–Crippen LogP) is 2.49. The van der Waals surface area contributed by atoms with Crippen LogP contribution in [0.1, 0.15) is 29.7 Å². The van der Waals surface area contributed by atoms with Crippen LogP contribution in [0.2, 0.25) is 0 Å². The Morgan fingerprint density at radius 1 is 1.28 bits per heavy atom. The van der Waals surface area contributed by atoms with Gasteiger partial charge in [-0.05, 0) is 25.3 Å². The smallest absolute Gasteiger partial charge is 0.0951 e. The second kappa shape index (κ2) is 4.94. The van der Waals surface area contributed by atoms with Crippen molar-refractivity contribution in [2.75, 3.05) is 0 Å². The first-order valence-corrected chi connectivity index (χ1v) is 6.59. The molecule has 0 saturated heterocycles.